The highest BCUT2D eigenvalue weighted by Gasteiger charge is 2.36. The maximum absolute atomic E-state index is 12.6. The van der Waals surface area contributed by atoms with Crippen LogP contribution in [0.2, 0.25) is 0 Å². The van der Waals surface area contributed by atoms with Gasteiger partial charge in [0.2, 0.25) is 10.0 Å². The Bertz CT molecular complexity index is 729. The molecule has 0 bridgehead atoms. The van der Waals surface area contributed by atoms with Gasteiger partial charge in [-0.2, -0.15) is 4.31 Å². The van der Waals surface area contributed by atoms with Gasteiger partial charge in [0.1, 0.15) is 11.3 Å². The number of sulfonamides is 1. The SMILES string of the molecule is COC(=O)c1cc(S(=O)(=O)N2CCC(C(=O)O)C2)ccc1OC. The number of esters is 1. The molecule has 0 radical (unpaired) electrons. The van der Waals surface area contributed by atoms with E-state index in [4.69, 9.17) is 9.84 Å². The second-order valence-electron chi connectivity index (χ2n) is 5.04. The van der Waals surface area contributed by atoms with Crippen molar-refractivity contribution in [3.8, 4) is 5.75 Å². The van der Waals surface area contributed by atoms with E-state index in [1.54, 1.807) is 0 Å². The van der Waals surface area contributed by atoms with Crippen LogP contribution in [0.25, 0.3) is 0 Å². The molecule has 0 aromatic heterocycles. The molecule has 1 saturated heterocycles. The number of benzene rings is 1. The molecule has 0 aliphatic carbocycles. The normalized spacial score (nSPS) is 18.6. The van der Waals surface area contributed by atoms with Gasteiger partial charge >= 0.3 is 11.9 Å². The maximum Gasteiger partial charge on any atom is 0.341 e. The lowest BCUT2D eigenvalue weighted by Crippen LogP contribution is -2.30. The largest absolute Gasteiger partial charge is 0.496 e. The molecule has 1 aliphatic heterocycles. The quantitative estimate of drug-likeness (QED) is 0.778. The highest BCUT2D eigenvalue weighted by Crippen LogP contribution is 2.28. The average Bonchev–Trinajstić information content (AvgIpc) is 3.04. The fourth-order valence-corrected chi connectivity index (χ4v) is 3.94. The molecule has 1 N–H and O–H groups in total. The summed E-state index contributed by atoms with van der Waals surface area (Å²) >= 11 is 0. The van der Waals surface area contributed by atoms with Crippen molar-refractivity contribution in [1.82, 2.24) is 4.31 Å². The van der Waals surface area contributed by atoms with Crippen molar-refractivity contribution in [2.75, 3.05) is 27.3 Å². The molecular formula is C14H17NO7S. The van der Waals surface area contributed by atoms with E-state index in [0.717, 1.165) is 4.31 Å². The van der Waals surface area contributed by atoms with Crippen molar-refractivity contribution in [3.63, 3.8) is 0 Å². The third kappa shape index (κ3) is 3.30. The van der Waals surface area contributed by atoms with Crippen molar-refractivity contribution >= 4 is 22.0 Å². The van der Waals surface area contributed by atoms with Crippen LogP contribution in [0.5, 0.6) is 5.75 Å². The zero-order valence-corrected chi connectivity index (χ0v) is 13.5. The lowest BCUT2D eigenvalue weighted by Gasteiger charge is -2.17. The molecule has 0 amide bonds. The number of rotatable bonds is 5. The van der Waals surface area contributed by atoms with Crippen molar-refractivity contribution < 1.29 is 32.6 Å². The van der Waals surface area contributed by atoms with Crippen LogP contribution in [-0.2, 0) is 19.6 Å². The number of carboxylic acid groups (broad SMARTS) is 1. The number of ether oxygens (including phenoxy) is 2. The van der Waals surface area contributed by atoms with E-state index < -0.39 is 27.9 Å². The summed E-state index contributed by atoms with van der Waals surface area (Å²) in [5.74, 6) is -2.26. The minimum atomic E-state index is -3.89. The first kappa shape index (κ1) is 17.2. The lowest BCUT2D eigenvalue weighted by atomic mass is 10.1. The van der Waals surface area contributed by atoms with Crippen LogP contribution in [-0.4, -0.2) is 57.1 Å². The molecule has 1 aromatic carbocycles. The fraction of sp³-hybridized carbons (Fsp3) is 0.429. The van der Waals surface area contributed by atoms with Crippen molar-refractivity contribution in [3.05, 3.63) is 23.8 Å². The molecule has 8 nitrogen and oxygen atoms in total. The van der Waals surface area contributed by atoms with Crippen molar-refractivity contribution in [2.45, 2.75) is 11.3 Å². The zero-order chi connectivity index (χ0) is 17.2. The number of hydrogen-bond donors (Lipinski definition) is 1. The Morgan fingerprint density at radius 2 is 2.00 bits per heavy atom. The summed E-state index contributed by atoms with van der Waals surface area (Å²) in [7, 11) is -1.35. The van der Waals surface area contributed by atoms with Crippen molar-refractivity contribution in [2.24, 2.45) is 5.92 Å². The molecule has 0 saturated carbocycles. The van der Waals surface area contributed by atoms with Crippen LogP contribution in [0.4, 0.5) is 0 Å². The number of methoxy groups -OCH3 is 2. The molecular weight excluding hydrogens is 326 g/mol. The first-order valence-electron chi connectivity index (χ1n) is 6.80. The third-order valence-corrected chi connectivity index (χ3v) is 5.58. The Morgan fingerprint density at radius 3 is 2.52 bits per heavy atom. The summed E-state index contributed by atoms with van der Waals surface area (Å²) in [4.78, 5) is 22.6. The van der Waals surface area contributed by atoms with E-state index in [9.17, 15) is 18.0 Å². The highest BCUT2D eigenvalue weighted by atomic mass is 32.2. The first-order chi connectivity index (χ1) is 10.8. The Hall–Kier alpha value is -2.13. The van der Waals surface area contributed by atoms with Crippen LogP contribution >= 0.6 is 0 Å². The van der Waals surface area contributed by atoms with E-state index in [1.807, 2.05) is 0 Å². The monoisotopic (exact) mass is 343 g/mol. The molecule has 1 aromatic rings. The molecule has 1 unspecified atom stereocenters. The van der Waals surface area contributed by atoms with Gasteiger partial charge in [0.25, 0.3) is 0 Å². The molecule has 1 atom stereocenters. The summed E-state index contributed by atoms with van der Waals surface area (Å²) in [6.45, 7) is 0.0378. The average molecular weight is 343 g/mol. The van der Waals surface area contributed by atoms with Gasteiger partial charge in [-0.15, -0.1) is 0 Å². The van der Waals surface area contributed by atoms with Gasteiger partial charge in [-0.25, -0.2) is 13.2 Å². The Labute approximate surface area is 133 Å². The number of hydrogen-bond acceptors (Lipinski definition) is 6. The van der Waals surface area contributed by atoms with Crippen LogP contribution in [0, 0.1) is 5.92 Å². The van der Waals surface area contributed by atoms with Gasteiger partial charge in [0, 0.05) is 13.1 Å². The van der Waals surface area contributed by atoms with Gasteiger partial charge in [-0.3, -0.25) is 4.79 Å². The van der Waals surface area contributed by atoms with E-state index in [-0.39, 0.29) is 35.7 Å². The summed E-state index contributed by atoms with van der Waals surface area (Å²) in [6, 6.07) is 3.85. The van der Waals surface area contributed by atoms with Gasteiger partial charge in [0.05, 0.1) is 25.0 Å². The second kappa shape index (κ2) is 6.55. The first-order valence-corrected chi connectivity index (χ1v) is 8.24. The summed E-state index contributed by atoms with van der Waals surface area (Å²) < 4.78 is 36.0. The molecule has 1 fully saturated rings. The van der Waals surface area contributed by atoms with Crippen molar-refractivity contribution in [1.29, 1.82) is 0 Å². The number of carbonyl (C=O) groups is 2. The number of carbonyl (C=O) groups excluding carboxylic acids is 1. The molecule has 2 rings (SSSR count). The van der Waals surface area contributed by atoms with Gasteiger partial charge in [0.15, 0.2) is 0 Å². The standard InChI is InChI=1S/C14H17NO7S/c1-21-12-4-3-10(7-11(12)14(18)22-2)23(19,20)15-6-5-9(8-15)13(16)17/h3-4,7,9H,5-6,8H2,1-2H3,(H,16,17). The minimum Gasteiger partial charge on any atom is -0.496 e. The smallest absolute Gasteiger partial charge is 0.341 e. The minimum absolute atomic E-state index is 0.00921. The molecule has 126 valence electrons. The number of nitrogens with zero attached hydrogens (tertiary/aromatic N) is 1. The van der Waals surface area contributed by atoms with E-state index >= 15 is 0 Å². The Kier molecular flexibility index (Phi) is 4.90. The summed E-state index contributed by atoms with van der Waals surface area (Å²) in [6.07, 6.45) is 0.259. The topological polar surface area (TPSA) is 110 Å². The van der Waals surface area contributed by atoms with Crippen LogP contribution in [0.1, 0.15) is 16.8 Å². The molecule has 1 aliphatic rings. The Morgan fingerprint density at radius 1 is 1.30 bits per heavy atom. The predicted molar refractivity (Wildman–Crippen MR) is 78.8 cm³/mol. The van der Waals surface area contributed by atoms with Gasteiger partial charge in [-0.1, -0.05) is 0 Å². The predicted octanol–water partition coefficient (Wildman–Crippen LogP) is 0.577. The van der Waals surface area contributed by atoms with Crippen LogP contribution in [0.15, 0.2) is 23.1 Å². The third-order valence-electron chi connectivity index (χ3n) is 3.71. The van der Waals surface area contributed by atoms with Crippen LogP contribution in [0.3, 0.4) is 0 Å². The molecule has 0 spiro atoms. The molecule has 1 heterocycles. The van der Waals surface area contributed by atoms with E-state index in [2.05, 4.69) is 4.74 Å². The number of carboxylic acids is 1. The highest BCUT2D eigenvalue weighted by molar-refractivity contribution is 7.89. The summed E-state index contributed by atoms with van der Waals surface area (Å²) in [5, 5.41) is 8.99. The molecule has 23 heavy (non-hydrogen) atoms. The lowest BCUT2D eigenvalue weighted by molar-refractivity contribution is -0.141. The second-order valence-corrected chi connectivity index (χ2v) is 6.98. The van der Waals surface area contributed by atoms with E-state index in [0.29, 0.717) is 0 Å². The number of aliphatic carboxylic acids is 1. The van der Waals surface area contributed by atoms with Crippen LogP contribution < -0.4 is 4.74 Å². The molecule has 9 heteroatoms. The fourth-order valence-electron chi connectivity index (χ4n) is 2.41. The van der Waals surface area contributed by atoms with Gasteiger partial charge in [-0.05, 0) is 24.6 Å². The van der Waals surface area contributed by atoms with E-state index in [1.165, 1.54) is 32.4 Å². The Balaban J connectivity index is 2.37. The van der Waals surface area contributed by atoms with Gasteiger partial charge < -0.3 is 14.6 Å². The maximum atomic E-state index is 12.6. The zero-order valence-electron chi connectivity index (χ0n) is 12.7. The summed E-state index contributed by atoms with van der Waals surface area (Å²) in [5.41, 5.74) is -0.00921.